The van der Waals surface area contributed by atoms with Crippen molar-refractivity contribution in [1.82, 2.24) is 14.8 Å². The number of benzene rings is 2. The highest BCUT2D eigenvalue weighted by atomic mass is 32.2. The molecule has 0 unspecified atom stereocenters. The van der Waals surface area contributed by atoms with Crippen molar-refractivity contribution in [1.29, 1.82) is 0 Å². The number of ketones is 1. The van der Waals surface area contributed by atoms with Gasteiger partial charge in [-0.3, -0.25) is 14.2 Å². The summed E-state index contributed by atoms with van der Waals surface area (Å²) >= 11 is 1.29. The van der Waals surface area contributed by atoms with E-state index in [0.29, 0.717) is 16.4 Å². The summed E-state index contributed by atoms with van der Waals surface area (Å²) in [5.41, 5.74) is 3.12. The smallest absolute Gasteiger partial charge is 0.234 e. The first-order chi connectivity index (χ1) is 12.5. The van der Waals surface area contributed by atoms with Crippen molar-refractivity contribution in [2.75, 3.05) is 11.1 Å². The molecule has 0 saturated heterocycles. The number of hydrogen-bond donors (Lipinski definition) is 1. The minimum atomic E-state index is -0.206. The molecule has 2 aromatic carbocycles. The third kappa shape index (κ3) is 4.18. The van der Waals surface area contributed by atoms with Gasteiger partial charge in [0, 0.05) is 11.3 Å². The molecule has 132 valence electrons. The number of thioether (sulfide) groups is 1. The number of para-hydroxylation sites is 1. The van der Waals surface area contributed by atoms with Crippen molar-refractivity contribution in [2.24, 2.45) is 0 Å². The molecule has 0 radical (unpaired) electrons. The maximum absolute atomic E-state index is 12.3. The predicted molar refractivity (Wildman–Crippen MR) is 102 cm³/mol. The fraction of sp³-hybridized carbons (Fsp3) is 0.158. The normalized spacial score (nSPS) is 10.5. The van der Waals surface area contributed by atoms with Crippen LogP contribution in [0.1, 0.15) is 22.8 Å². The van der Waals surface area contributed by atoms with Gasteiger partial charge in [0.25, 0.3) is 0 Å². The molecule has 0 aliphatic heterocycles. The number of carbonyl (C=O) groups is 2. The lowest BCUT2D eigenvalue weighted by Gasteiger charge is -2.09. The molecule has 0 saturated carbocycles. The molecule has 1 heterocycles. The summed E-state index contributed by atoms with van der Waals surface area (Å²) in [5, 5.41) is 11.4. The molecule has 0 aliphatic carbocycles. The molecule has 3 rings (SSSR count). The largest absolute Gasteiger partial charge is 0.325 e. The van der Waals surface area contributed by atoms with Gasteiger partial charge in [-0.05, 0) is 38.1 Å². The quantitative estimate of drug-likeness (QED) is 0.534. The van der Waals surface area contributed by atoms with Crippen LogP contribution >= 0.6 is 11.8 Å². The molecule has 1 amide bonds. The zero-order valence-electron chi connectivity index (χ0n) is 14.5. The molecular weight excluding hydrogens is 348 g/mol. The summed E-state index contributed by atoms with van der Waals surface area (Å²) in [7, 11) is 0. The van der Waals surface area contributed by atoms with Gasteiger partial charge >= 0.3 is 0 Å². The Labute approximate surface area is 155 Å². The Bertz CT molecular complexity index is 935. The summed E-state index contributed by atoms with van der Waals surface area (Å²) in [6.07, 6.45) is 1.62. The van der Waals surface area contributed by atoms with E-state index in [-0.39, 0.29) is 17.4 Å². The second kappa shape index (κ2) is 7.97. The fourth-order valence-electron chi connectivity index (χ4n) is 2.42. The first-order valence-electron chi connectivity index (χ1n) is 8.04. The van der Waals surface area contributed by atoms with Gasteiger partial charge in [0.2, 0.25) is 5.91 Å². The molecule has 0 bridgehead atoms. The Morgan fingerprint density at radius 3 is 2.58 bits per heavy atom. The van der Waals surface area contributed by atoms with Crippen LogP contribution in [0.25, 0.3) is 5.69 Å². The predicted octanol–water partition coefficient (Wildman–Crippen LogP) is 3.51. The zero-order chi connectivity index (χ0) is 18.5. The number of aromatic nitrogens is 3. The van der Waals surface area contributed by atoms with Crippen molar-refractivity contribution < 1.29 is 9.59 Å². The highest BCUT2D eigenvalue weighted by Crippen LogP contribution is 2.21. The van der Waals surface area contributed by atoms with E-state index in [2.05, 4.69) is 15.5 Å². The lowest BCUT2D eigenvalue weighted by atomic mass is 10.1. The van der Waals surface area contributed by atoms with Gasteiger partial charge in [-0.15, -0.1) is 10.2 Å². The highest BCUT2D eigenvalue weighted by molar-refractivity contribution is 7.99. The number of aryl methyl sites for hydroxylation is 1. The third-order valence-electron chi connectivity index (χ3n) is 3.74. The van der Waals surface area contributed by atoms with Gasteiger partial charge in [0.05, 0.1) is 11.4 Å². The Morgan fingerprint density at radius 1 is 1.12 bits per heavy atom. The van der Waals surface area contributed by atoms with Crippen molar-refractivity contribution in [2.45, 2.75) is 19.0 Å². The van der Waals surface area contributed by atoms with E-state index in [1.165, 1.54) is 24.2 Å². The number of anilines is 1. The van der Waals surface area contributed by atoms with Gasteiger partial charge in [-0.2, -0.15) is 0 Å². The van der Waals surface area contributed by atoms with Crippen LogP contribution in [-0.4, -0.2) is 32.2 Å². The van der Waals surface area contributed by atoms with E-state index in [0.717, 1.165) is 5.69 Å². The first-order valence-corrected chi connectivity index (χ1v) is 9.03. The highest BCUT2D eigenvalue weighted by Gasteiger charge is 2.13. The summed E-state index contributed by atoms with van der Waals surface area (Å²) in [5.74, 6) is -0.133. The Morgan fingerprint density at radius 2 is 1.85 bits per heavy atom. The molecule has 6 nitrogen and oxygen atoms in total. The monoisotopic (exact) mass is 366 g/mol. The van der Waals surface area contributed by atoms with Gasteiger partial charge in [0.1, 0.15) is 6.33 Å². The maximum atomic E-state index is 12.3. The van der Waals surface area contributed by atoms with E-state index in [9.17, 15) is 9.59 Å². The van der Waals surface area contributed by atoms with Crippen LogP contribution in [0.3, 0.4) is 0 Å². The number of hydrogen-bond acceptors (Lipinski definition) is 5. The van der Waals surface area contributed by atoms with Gasteiger partial charge < -0.3 is 5.32 Å². The summed E-state index contributed by atoms with van der Waals surface area (Å²) in [6, 6.07) is 14.9. The molecule has 7 heteroatoms. The minimum absolute atomic E-state index is 0.0901. The number of Topliss-reactive ketones (excluding diaryl/α,β-unsaturated/α-hetero) is 1. The summed E-state index contributed by atoms with van der Waals surface area (Å²) in [4.78, 5) is 23.9. The molecule has 0 atom stereocenters. The number of nitrogens with one attached hydrogen (secondary N) is 1. The average Bonchev–Trinajstić information content (AvgIpc) is 3.09. The van der Waals surface area contributed by atoms with Crippen molar-refractivity contribution in [3.05, 3.63) is 66.0 Å². The van der Waals surface area contributed by atoms with Crippen LogP contribution in [0.2, 0.25) is 0 Å². The van der Waals surface area contributed by atoms with E-state index in [1.807, 2.05) is 35.8 Å². The maximum Gasteiger partial charge on any atom is 0.234 e. The van der Waals surface area contributed by atoms with E-state index >= 15 is 0 Å². The lowest BCUT2D eigenvalue weighted by Crippen LogP contribution is -2.16. The van der Waals surface area contributed by atoms with E-state index in [1.54, 1.807) is 30.6 Å². The number of nitrogens with zero attached hydrogens (tertiary/aromatic N) is 3. The van der Waals surface area contributed by atoms with Gasteiger partial charge in [0.15, 0.2) is 10.9 Å². The van der Waals surface area contributed by atoms with E-state index < -0.39 is 0 Å². The van der Waals surface area contributed by atoms with Crippen LogP contribution in [-0.2, 0) is 4.79 Å². The van der Waals surface area contributed by atoms with Crippen LogP contribution in [0.4, 0.5) is 5.69 Å². The zero-order valence-corrected chi connectivity index (χ0v) is 15.3. The molecule has 26 heavy (non-hydrogen) atoms. The Hall–Kier alpha value is -2.93. The van der Waals surface area contributed by atoms with Crippen LogP contribution in [0.15, 0.2) is 60.0 Å². The lowest BCUT2D eigenvalue weighted by molar-refractivity contribution is -0.113. The Kier molecular flexibility index (Phi) is 5.48. The van der Waals surface area contributed by atoms with Crippen molar-refractivity contribution in [3.63, 3.8) is 0 Å². The average molecular weight is 366 g/mol. The van der Waals surface area contributed by atoms with Gasteiger partial charge in [-0.25, -0.2) is 0 Å². The molecular formula is C19H18N4O2S. The third-order valence-corrected chi connectivity index (χ3v) is 4.68. The summed E-state index contributed by atoms with van der Waals surface area (Å²) in [6.45, 7) is 3.50. The SMILES string of the molecule is CC(=O)c1ccccc1NC(=O)CSc1nncn1-c1ccc(C)cc1. The second-order valence-electron chi connectivity index (χ2n) is 5.76. The van der Waals surface area contributed by atoms with Crippen molar-refractivity contribution >= 4 is 29.1 Å². The van der Waals surface area contributed by atoms with Crippen molar-refractivity contribution in [3.8, 4) is 5.69 Å². The molecule has 3 aromatic rings. The molecule has 0 aliphatic rings. The molecule has 1 aromatic heterocycles. The minimum Gasteiger partial charge on any atom is -0.325 e. The van der Waals surface area contributed by atoms with Gasteiger partial charge in [-0.1, -0.05) is 41.6 Å². The number of rotatable bonds is 6. The topological polar surface area (TPSA) is 76.9 Å². The molecule has 0 fully saturated rings. The van der Waals surface area contributed by atoms with Crippen LogP contribution in [0.5, 0.6) is 0 Å². The molecule has 1 N–H and O–H groups in total. The van der Waals surface area contributed by atoms with Crippen LogP contribution < -0.4 is 5.32 Å². The fourth-order valence-corrected chi connectivity index (χ4v) is 3.15. The number of amides is 1. The van der Waals surface area contributed by atoms with E-state index in [4.69, 9.17) is 0 Å². The number of carbonyl (C=O) groups excluding carboxylic acids is 2. The standard InChI is InChI=1S/C19H18N4O2S/c1-13-7-9-15(10-8-13)23-12-20-22-19(23)26-11-18(25)21-17-6-4-3-5-16(17)14(2)24/h3-10,12H,11H2,1-2H3,(H,21,25). The summed E-state index contributed by atoms with van der Waals surface area (Å²) < 4.78 is 1.83. The van der Waals surface area contributed by atoms with Crippen LogP contribution in [0, 0.1) is 6.92 Å². The Balaban J connectivity index is 1.67. The molecule has 0 spiro atoms. The second-order valence-corrected chi connectivity index (χ2v) is 6.70. The first kappa shape index (κ1) is 17.9.